The maximum absolute atomic E-state index is 11.5. The number of ether oxygens (including phenoxy) is 2. The van der Waals surface area contributed by atoms with Gasteiger partial charge in [-0.15, -0.1) is 0 Å². The quantitative estimate of drug-likeness (QED) is 0.830. The van der Waals surface area contributed by atoms with Gasteiger partial charge in [0.1, 0.15) is 5.75 Å². The van der Waals surface area contributed by atoms with Crippen molar-refractivity contribution in [3.63, 3.8) is 0 Å². The van der Waals surface area contributed by atoms with Crippen molar-refractivity contribution in [2.75, 3.05) is 13.2 Å². The summed E-state index contributed by atoms with van der Waals surface area (Å²) < 4.78 is 10.3. The molecule has 86 valence electrons. The van der Waals surface area contributed by atoms with Crippen LogP contribution in [-0.4, -0.2) is 25.3 Å². The Morgan fingerprint density at radius 1 is 1.25 bits per heavy atom. The Morgan fingerprint density at radius 3 is 2.62 bits per heavy atom. The first-order valence-corrected chi connectivity index (χ1v) is 5.46. The second-order valence-corrected chi connectivity index (χ2v) is 3.73. The first-order chi connectivity index (χ1) is 7.84. The first kappa shape index (κ1) is 11.0. The van der Waals surface area contributed by atoms with E-state index >= 15 is 0 Å². The number of amides is 1. The Balaban J connectivity index is 1.80. The van der Waals surface area contributed by atoms with Crippen LogP contribution in [0.5, 0.6) is 5.75 Å². The molecule has 1 heterocycles. The summed E-state index contributed by atoms with van der Waals surface area (Å²) in [5, 5.41) is 2.83. The van der Waals surface area contributed by atoms with Crippen LogP contribution in [0.25, 0.3) is 0 Å². The molecule has 1 aliphatic rings. The van der Waals surface area contributed by atoms with E-state index in [0.29, 0.717) is 19.0 Å². The number of hydrogen-bond donors (Lipinski definition) is 1. The molecule has 1 fully saturated rings. The minimum Gasteiger partial charge on any atom is -0.410 e. The van der Waals surface area contributed by atoms with E-state index in [0.717, 1.165) is 12.8 Å². The molecular formula is C12H15NO3. The molecule has 0 bridgehead atoms. The second-order valence-electron chi connectivity index (χ2n) is 3.73. The average Bonchev–Trinajstić information content (AvgIpc) is 2.31. The topological polar surface area (TPSA) is 47.6 Å². The normalized spacial score (nSPS) is 16.8. The zero-order valence-corrected chi connectivity index (χ0v) is 9.02. The third-order valence-electron chi connectivity index (χ3n) is 2.50. The van der Waals surface area contributed by atoms with Gasteiger partial charge in [-0.25, -0.2) is 4.79 Å². The summed E-state index contributed by atoms with van der Waals surface area (Å²) in [6, 6.07) is 9.22. The zero-order chi connectivity index (χ0) is 11.2. The summed E-state index contributed by atoms with van der Waals surface area (Å²) in [6.45, 7) is 1.41. The maximum atomic E-state index is 11.5. The molecule has 0 saturated carbocycles. The SMILES string of the molecule is O=C(NC1CCOCC1)Oc1ccccc1. The minimum absolute atomic E-state index is 0.171. The molecule has 2 rings (SSSR count). The van der Waals surface area contributed by atoms with Gasteiger partial charge in [-0.3, -0.25) is 0 Å². The fourth-order valence-electron chi connectivity index (χ4n) is 1.63. The molecule has 0 aromatic heterocycles. The Bertz CT molecular complexity index is 333. The lowest BCUT2D eigenvalue weighted by Gasteiger charge is -2.22. The lowest BCUT2D eigenvalue weighted by molar-refractivity contribution is 0.0778. The Hall–Kier alpha value is -1.55. The summed E-state index contributed by atoms with van der Waals surface area (Å²) in [6.07, 6.45) is 1.31. The maximum Gasteiger partial charge on any atom is 0.412 e. The van der Waals surface area contributed by atoms with Gasteiger partial charge >= 0.3 is 6.09 Å². The number of benzene rings is 1. The molecular weight excluding hydrogens is 206 g/mol. The molecule has 16 heavy (non-hydrogen) atoms. The van der Waals surface area contributed by atoms with Crippen molar-refractivity contribution in [1.82, 2.24) is 5.32 Å². The average molecular weight is 221 g/mol. The monoisotopic (exact) mass is 221 g/mol. The lowest BCUT2D eigenvalue weighted by atomic mass is 10.1. The van der Waals surface area contributed by atoms with Gasteiger partial charge in [0, 0.05) is 19.3 Å². The number of carbonyl (C=O) groups excluding carboxylic acids is 1. The summed E-state index contributed by atoms with van der Waals surface area (Å²) in [5.74, 6) is 0.562. The standard InChI is InChI=1S/C12H15NO3/c14-12(13-10-6-8-15-9-7-10)16-11-4-2-1-3-5-11/h1-5,10H,6-9H2,(H,13,14). The third-order valence-corrected chi connectivity index (χ3v) is 2.50. The highest BCUT2D eigenvalue weighted by Gasteiger charge is 2.16. The third kappa shape index (κ3) is 3.24. The summed E-state index contributed by atoms with van der Waals surface area (Å²) in [5.41, 5.74) is 0. The predicted octanol–water partition coefficient (Wildman–Crippen LogP) is 1.95. The lowest BCUT2D eigenvalue weighted by Crippen LogP contribution is -2.40. The first-order valence-electron chi connectivity index (χ1n) is 5.46. The fourth-order valence-corrected chi connectivity index (χ4v) is 1.63. The fraction of sp³-hybridized carbons (Fsp3) is 0.417. The van der Waals surface area contributed by atoms with E-state index in [1.165, 1.54) is 0 Å². The molecule has 1 aromatic carbocycles. The van der Waals surface area contributed by atoms with Crippen molar-refractivity contribution in [1.29, 1.82) is 0 Å². The van der Waals surface area contributed by atoms with Crippen molar-refractivity contribution < 1.29 is 14.3 Å². The van der Waals surface area contributed by atoms with E-state index in [1.54, 1.807) is 12.1 Å². The van der Waals surface area contributed by atoms with Crippen LogP contribution in [0.4, 0.5) is 4.79 Å². The van der Waals surface area contributed by atoms with Crippen LogP contribution in [0.15, 0.2) is 30.3 Å². The van der Waals surface area contributed by atoms with E-state index in [4.69, 9.17) is 9.47 Å². The van der Waals surface area contributed by atoms with Crippen LogP contribution >= 0.6 is 0 Å². The Kier molecular flexibility index (Phi) is 3.77. The zero-order valence-electron chi connectivity index (χ0n) is 9.02. The summed E-state index contributed by atoms with van der Waals surface area (Å²) >= 11 is 0. The highest BCUT2D eigenvalue weighted by molar-refractivity contribution is 5.70. The number of rotatable bonds is 2. The molecule has 0 atom stereocenters. The number of carbonyl (C=O) groups is 1. The van der Waals surface area contributed by atoms with Crippen molar-refractivity contribution in [3.05, 3.63) is 30.3 Å². The molecule has 1 N–H and O–H groups in total. The minimum atomic E-state index is -0.391. The van der Waals surface area contributed by atoms with E-state index in [9.17, 15) is 4.79 Å². The van der Waals surface area contributed by atoms with Crippen LogP contribution in [-0.2, 0) is 4.74 Å². The van der Waals surface area contributed by atoms with E-state index in [-0.39, 0.29) is 6.04 Å². The smallest absolute Gasteiger partial charge is 0.410 e. The van der Waals surface area contributed by atoms with Crippen LogP contribution in [0.1, 0.15) is 12.8 Å². The van der Waals surface area contributed by atoms with Crippen LogP contribution in [0, 0.1) is 0 Å². The second kappa shape index (κ2) is 5.51. The van der Waals surface area contributed by atoms with Gasteiger partial charge in [0.25, 0.3) is 0 Å². The van der Waals surface area contributed by atoms with E-state index < -0.39 is 6.09 Å². The van der Waals surface area contributed by atoms with Crippen molar-refractivity contribution >= 4 is 6.09 Å². The van der Waals surface area contributed by atoms with Gasteiger partial charge in [-0.2, -0.15) is 0 Å². The number of para-hydroxylation sites is 1. The van der Waals surface area contributed by atoms with Gasteiger partial charge in [-0.05, 0) is 25.0 Å². The summed E-state index contributed by atoms with van der Waals surface area (Å²) in [4.78, 5) is 11.5. The highest BCUT2D eigenvalue weighted by atomic mass is 16.6. The van der Waals surface area contributed by atoms with Gasteiger partial charge in [0.05, 0.1) is 0 Å². The van der Waals surface area contributed by atoms with Gasteiger partial charge < -0.3 is 14.8 Å². The predicted molar refractivity (Wildman–Crippen MR) is 59.4 cm³/mol. The van der Waals surface area contributed by atoms with Crippen LogP contribution in [0.2, 0.25) is 0 Å². The van der Waals surface area contributed by atoms with E-state index in [1.807, 2.05) is 18.2 Å². The van der Waals surface area contributed by atoms with Gasteiger partial charge in [-0.1, -0.05) is 18.2 Å². The molecule has 0 unspecified atom stereocenters. The number of nitrogens with one attached hydrogen (secondary N) is 1. The Morgan fingerprint density at radius 2 is 1.94 bits per heavy atom. The molecule has 1 amide bonds. The van der Waals surface area contributed by atoms with Crippen molar-refractivity contribution in [3.8, 4) is 5.75 Å². The molecule has 1 aliphatic heterocycles. The molecule has 1 saturated heterocycles. The van der Waals surface area contributed by atoms with Crippen LogP contribution in [0.3, 0.4) is 0 Å². The molecule has 4 heteroatoms. The number of hydrogen-bond acceptors (Lipinski definition) is 3. The highest BCUT2D eigenvalue weighted by Crippen LogP contribution is 2.10. The van der Waals surface area contributed by atoms with Crippen molar-refractivity contribution in [2.45, 2.75) is 18.9 Å². The molecule has 4 nitrogen and oxygen atoms in total. The van der Waals surface area contributed by atoms with E-state index in [2.05, 4.69) is 5.32 Å². The summed E-state index contributed by atoms with van der Waals surface area (Å²) in [7, 11) is 0. The van der Waals surface area contributed by atoms with Gasteiger partial charge in [0.2, 0.25) is 0 Å². The Labute approximate surface area is 94.6 Å². The molecule has 0 radical (unpaired) electrons. The molecule has 0 aliphatic carbocycles. The molecule has 0 spiro atoms. The molecule has 1 aromatic rings. The van der Waals surface area contributed by atoms with Crippen LogP contribution < -0.4 is 10.1 Å². The van der Waals surface area contributed by atoms with Gasteiger partial charge in [0.15, 0.2) is 0 Å². The largest absolute Gasteiger partial charge is 0.412 e. The van der Waals surface area contributed by atoms with Crippen molar-refractivity contribution in [2.24, 2.45) is 0 Å².